The second kappa shape index (κ2) is 10.0. The fourth-order valence-electron chi connectivity index (χ4n) is 3.91. The molecule has 0 aliphatic heterocycles. The van der Waals surface area contributed by atoms with Gasteiger partial charge in [-0.2, -0.15) is 0 Å². The maximum Gasteiger partial charge on any atom is 0.125 e. The predicted molar refractivity (Wildman–Crippen MR) is 116 cm³/mol. The first-order valence-electron chi connectivity index (χ1n) is 10.0. The van der Waals surface area contributed by atoms with Crippen molar-refractivity contribution in [2.75, 3.05) is 20.1 Å². The van der Waals surface area contributed by atoms with Crippen LogP contribution in [0.15, 0.2) is 24.3 Å². The first-order valence-corrected chi connectivity index (χ1v) is 10.6. The Bertz CT molecular complexity index is 653. The quantitative estimate of drug-likeness (QED) is 0.467. The van der Waals surface area contributed by atoms with Crippen LogP contribution in [0.5, 0.6) is 11.5 Å². The second-order valence-corrected chi connectivity index (χ2v) is 7.17. The molecule has 2 nitrogen and oxygen atoms in total. The second-order valence-electron chi connectivity index (χ2n) is 6.87. The molecule has 0 amide bonds. The van der Waals surface area contributed by atoms with E-state index < -0.39 is 0 Å². The molecular weight excluding hydrogens is 356 g/mol. The van der Waals surface area contributed by atoms with Gasteiger partial charge in [0.1, 0.15) is 11.5 Å². The van der Waals surface area contributed by atoms with Crippen molar-refractivity contribution in [2.24, 2.45) is 0 Å². The third kappa shape index (κ3) is 4.43. The third-order valence-corrected chi connectivity index (χ3v) is 5.73. The summed E-state index contributed by atoms with van der Waals surface area (Å²) in [5.41, 5.74) is 7.55. The van der Waals surface area contributed by atoms with Crippen LogP contribution in [0.3, 0.4) is 0 Å². The Balaban J connectivity index is 2.63. The molecule has 0 saturated carbocycles. The van der Waals surface area contributed by atoms with Gasteiger partial charge in [-0.1, -0.05) is 52.0 Å². The van der Waals surface area contributed by atoms with Crippen molar-refractivity contribution in [3.05, 3.63) is 57.6 Å². The molecule has 0 radical (unpaired) electrons. The number of halogens is 1. The summed E-state index contributed by atoms with van der Waals surface area (Å²) in [6, 6.07) is 9.08. The lowest BCUT2D eigenvalue weighted by Gasteiger charge is -2.22. The Hall–Kier alpha value is -1.67. The number of methoxy groups -OCH3 is 2. The average molecular weight is 389 g/mol. The smallest absolute Gasteiger partial charge is 0.125 e. The van der Waals surface area contributed by atoms with Gasteiger partial charge >= 0.3 is 0 Å². The highest BCUT2D eigenvalue weighted by atomic mass is 35.5. The summed E-state index contributed by atoms with van der Waals surface area (Å²) in [7, 11) is 3.52. The number of hydrogen-bond acceptors (Lipinski definition) is 2. The summed E-state index contributed by atoms with van der Waals surface area (Å²) in [5, 5.41) is 0. The summed E-state index contributed by atoms with van der Waals surface area (Å²) < 4.78 is 11.4. The van der Waals surface area contributed by atoms with E-state index in [9.17, 15) is 0 Å². The molecule has 148 valence electrons. The van der Waals surface area contributed by atoms with Crippen molar-refractivity contribution in [1.29, 1.82) is 0 Å². The molecule has 0 saturated heterocycles. The molecule has 0 aromatic heterocycles. The molecule has 0 atom stereocenters. The molecule has 0 heterocycles. The van der Waals surface area contributed by atoms with Crippen LogP contribution < -0.4 is 9.47 Å². The number of hydrogen-bond donors (Lipinski definition) is 0. The highest BCUT2D eigenvalue weighted by Gasteiger charge is 2.20. The molecule has 3 heteroatoms. The highest BCUT2D eigenvalue weighted by molar-refractivity contribution is 6.18. The Morgan fingerprint density at radius 3 is 1.15 bits per heavy atom. The lowest BCUT2D eigenvalue weighted by Crippen LogP contribution is -2.08. The van der Waals surface area contributed by atoms with Crippen LogP contribution in [0, 0.1) is 0 Å². The number of ether oxygens (including phenoxy) is 2. The molecule has 2 aromatic carbocycles. The summed E-state index contributed by atoms with van der Waals surface area (Å²) >= 11 is 6.50. The van der Waals surface area contributed by atoms with Crippen LogP contribution in [-0.4, -0.2) is 20.1 Å². The molecule has 0 N–H and O–H groups in total. The van der Waals surface area contributed by atoms with Gasteiger partial charge in [-0.05, 0) is 59.1 Å². The van der Waals surface area contributed by atoms with Crippen molar-refractivity contribution in [3.8, 4) is 11.5 Å². The van der Waals surface area contributed by atoms with Gasteiger partial charge < -0.3 is 9.47 Å². The Morgan fingerprint density at radius 1 is 0.667 bits per heavy atom. The van der Waals surface area contributed by atoms with Crippen LogP contribution >= 0.6 is 11.6 Å². The van der Waals surface area contributed by atoms with Crippen molar-refractivity contribution < 1.29 is 9.47 Å². The van der Waals surface area contributed by atoms with E-state index >= 15 is 0 Å². The zero-order valence-corrected chi connectivity index (χ0v) is 18.4. The average Bonchev–Trinajstić information content (AvgIpc) is 2.72. The van der Waals surface area contributed by atoms with Crippen LogP contribution in [0.2, 0.25) is 0 Å². The van der Waals surface area contributed by atoms with Gasteiger partial charge in [0.25, 0.3) is 0 Å². The summed E-state index contributed by atoms with van der Waals surface area (Å²) in [4.78, 5) is 0. The largest absolute Gasteiger partial charge is 0.496 e. The minimum Gasteiger partial charge on any atom is -0.496 e. The minimum atomic E-state index is 0.162. The standard InChI is InChI=1S/C24H33ClO2/c1-7-16-11-20(12-17(8-2)23(16)26-5)22(15-25)21-13-18(9-3)24(27-6)19(10-4)14-21/h11-14,22H,7-10,15H2,1-6H3. The van der Waals surface area contributed by atoms with E-state index in [0.29, 0.717) is 5.88 Å². The molecule has 0 bridgehead atoms. The summed E-state index contributed by atoms with van der Waals surface area (Å²) in [6.45, 7) is 8.70. The Labute approximate surface area is 169 Å². The molecule has 0 aliphatic rings. The zero-order valence-electron chi connectivity index (χ0n) is 17.6. The van der Waals surface area contributed by atoms with Gasteiger partial charge in [-0.3, -0.25) is 0 Å². The lowest BCUT2D eigenvalue weighted by molar-refractivity contribution is 0.405. The topological polar surface area (TPSA) is 18.5 Å². The predicted octanol–water partition coefficient (Wildman–Crippen LogP) is 6.32. The zero-order chi connectivity index (χ0) is 20.0. The number of aryl methyl sites for hydroxylation is 4. The first-order chi connectivity index (χ1) is 13.1. The first kappa shape index (κ1) is 21.6. The molecule has 2 rings (SSSR count). The van der Waals surface area contributed by atoms with E-state index in [1.807, 2.05) is 0 Å². The molecular formula is C24H33ClO2. The van der Waals surface area contributed by atoms with Crippen molar-refractivity contribution in [1.82, 2.24) is 0 Å². The van der Waals surface area contributed by atoms with Gasteiger partial charge in [-0.25, -0.2) is 0 Å². The Kier molecular flexibility index (Phi) is 8.04. The van der Waals surface area contributed by atoms with E-state index in [1.54, 1.807) is 14.2 Å². The monoisotopic (exact) mass is 388 g/mol. The van der Waals surface area contributed by atoms with Gasteiger partial charge in [-0.15, -0.1) is 11.6 Å². The van der Waals surface area contributed by atoms with E-state index in [2.05, 4.69) is 52.0 Å². The fraction of sp³-hybridized carbons (Fsp3) is 0.500. The molecule has 0 spiro atoms. The number of benzene rings is 2. The van der Waals surface area contributed by atoms with Crippen LogP contribution in [-0.2, 0) is 25.7 Å². The van der Waals surface area contributed by atoms with Crippen molar-refractivity contribution in [2.45, 2.75) is 59.3 Å². The summed E-state index contributed by atoms with van der Waals surface area (Å²) in [6.07, 6.45) is 3.79. The molecule has 0 unspecified atom stereocenters. The van der Waals surface area contributed by atoms with Crippen molar-refractivity contribution >= 4 is 11.6 Å². The normalized spacial score (nSPS) is 11.1. The van der Waals surface area contributed by atoms with Crippen LogP contribution in [0.4, 0.5) is 0 Å². The Morgan fingerprint density at radius 2 is 0.963 bits per heavy atom. The molecule has 2 aromatic rings. The fourth-order valence-corrected chi connectivity index (χ4v) is 4.27. The van der Waals surface area contributed by atoms with E-state index in [1.165, 1.54) is 33.4 Å². The molecule has 27 heavy (non-hydrogen) atoms. The third-order valence-electron chi connectivity index (χ3n) is 5.42. The SMILES string of the molecule is CCc1cc(C(CCl)c2cc(CC)c(OC)c(CC)c2)cc(CC)c1OC. The van der Waals surface area contributed by atoms with Gasteiger partial charge in [0.15, 0.2) is 0 Å². The molecule has 0 aliphatic carbocycles. The van der Waals surface area contributed by atoms with Gasteiger partial charge in [0.05, 0.1) is 14.2 Å². The van der Waals surface area contributed by atoms with Crippen molar-refractivity contribution in [3.63, 3.8) is 0 Å². The number of alkyl halides is 1. The number of rotatable bonds is 9. The maximum absolute atomic E-state index is 6.50. The summed E-state index contributed by atoms with van der Waals surface area (Å²) in [5.74, 6) is 2.76. The minimum absolute atomic E-state index is 0.162. The van der Waals surface area contributed by atoms with Crippen LogP contribution in [0.1, 0.15) is 67.0 Å². The van der Waals surface area contributed by atoms with E-state index in [4.69, 9.17) is 21.1 Å². The van der Waals surface area contributed by atoms with E-state index in [0.717, 1.165) is 37.2 Å². The van der Waals surface area contributed by atoms with E-state index in [-0.39, 0.29) is 5.92 Å². The van der Waals surface area contributed by atoms with Gasteiger partial charge in [0.2, 0.25) is 0 Å². The maximum atomic E-state index is 6.50. The van der Waals surface area contributed by atoms with Gasteiger partial charge in [0, 0.05) is 11.8 Å². The molecule has 0 fully saturated rings. The highest BCUT2D eigenvalue weighted by Crippen LogP contribution is 2.36. The lowest BCUT2D eigenvalue weighted by atomic mass is 9.86. The van der Waals surface area contributed by atoms with Crippen LogP contribution in [0.25, 0.3) is 0 Å².